The van der Waals surface area contributed by atoms with E-state index in [9.17, 15) is 4.79 Å². The van der Waals surface area contributed by atoms with Crippen molar-refractivity contribution in [2.45, 2.75) is 18.9 Å². The van der Waals surface area contributed by atoms with E-state index in [1.807, 2.05) is 23.0 Å². The zero-order valence-corrected chi connectivity index (χ0v) is 10.8. The van der Waals surface area contributed by atoms with Crippen molar-refractivity contribution in [3.8, 4) is 0 Å². The zero-order chi connectivity index (χ0) is 13.2. The first-order chi connectivity index (χ1) is 9.29. The van der Waals surface area contributed by atoms with E-state index in [1.165, 1.54) is 7.11 Å². The molecule has 1 fully saturated rings. The van der Waals surface area contributed by atoms with Gasteiger partial charge in [-0.2, -0.15) is 5.10 Å². The van der Waals surface area contributed by atoms with Gasteiger partial charge in [0.1, 0.15) is 0 Å². The highest BCUT2D eigenvalue weighted by molar-refractivity contribution is 5.94. The molecule has 100 valence electrons. The van der Waals surface area contributed by atoms with E-state index in [4.69, 9.17) is 9.47 Å². The first-order valence-corrected chi connectivity index (χ1v) is 6.43. The summed E-state index contributed by atoms with van der Waals surface area (Å²) in [5.41, 5.74) is 1.54. The average Bonchev–Trinajstić information content (AvgIpc) is 2.90. The van der Waals surface area contributed by atoms with Crippen LogP contribution in [0.3, 0.4) is 0 Å². The minimum Gasteiger partial charge on any atom is -0.465 e. The summed E-state index contributed by atoms with van der Waals surface area (Å²) in [5, 5.41) is 5.50. The lowest BCUT2D eigenvalue weighted by molar-refractivity contribution is 0.0600. The number of ether oxygens (including phenoxy) is 2. The van der Waals surface area contributed by atoms with Crippen molar-refractivity contribution in [3.05, 3.63) is 30.0 Å². The predicted octanol–water partition coefficient (Wildman–Crippen LogP) is 2.17. The second kappa shape index (κ2) is 5.01. The number of rotatable bonds is 2. The van der Waals surface area contributed by atoms with Crippen molar-refractivity contribution in [1.29, 1.82) is 0 Å². The van der Waals surface area contributed by atoms with Crippen LogP contribution >= 0.6 is 0 Å². The van der Waals surface area contributed by atoms with Crippen LogP contribution in [0.2, 0.25) is 0 Å². The molecule has 2 aromatic rings. The Hall–Kier alpha value is -1.88. The molecule has 0 amide bonds. The van der Waals surface area contributed by atoms with Crippen LogP contribution in [0.5, 0.6) is 0 Å². The molecule has 1 saturated heterocycles. The fraction of sp³-hybridized carbons (Fsp3) is 0.429. The van der Waals surface area contributed by atoms with Crippen molar-refractivity contribution < 1.29 is 14.3 Å². The van der Waals surface area contributed by atoms with Gasteiger partial charge in [-0.25, -0.2) is 4.79 Å². The van der Waals surface area contributed by atoms with Crippen LogP contribution in [0.25, 0.3) is 10.9 Å². The highest BCUT2D eigenvalue weighted by Crippen LogP contribution is 2.25. The van der Waals surface area contributed by atoms with Crippen molar-refractivity contribution in [3.63, 3.8) is 0 Å². The van der Waals surface area contributed by atoms with E-state index in [0.717, 1.165) is 37.0 Å². The van der Waals surface area contributed by atoms with Gasteiger partial charge in [-0.15, -0.1) is 0 Å². The summed E-state index contributed by atoms with van der Waals surface area (Å²) in [6.07, 6.45) is 3.75. The highest BCUT2D eigenvalue weighted by atomic mass is 16.5. The molecule has 1 aromatic heterocycles. The fourth-order valence-electron chi connectivity index (χ4n) is 2.50. The lowest BCUT2D eigenvalue weighted by Gasteiger charge is -2.23. The molecule has 0 aliphatic carbocycles. The molecule has 0 saturated carbocycles. The molecule has 0 atom stereocenters. The van der Waals surface area contributed by atoms with E-state index in [0.29, 0.717) is 11.6 Å². The topological polar surface area (TPSA) is 53.3 Å². The van der Waals surface area contributed by atoms with Crippen LogP contribution < -0.4 is 0 Å². The molecular weight excluding hydrogens is 244 g/mol. The van der Waals surface area contributed by atoms with Crippen molar-refractivity contribution >= 4 is 16.9 Å². The molecule has 0 spiro atoms. The number of fused-ring (bicyclic) bond motifs is 1. The van der Waals surface area contributed by atoms with Gasteiger partial charge in [0.25, 0.3) is 0 Å². The monoisotopic (exact) mass is 260 g/mol. The first kappa shape index (κ1) is 12.2. The Morgan fingerprint density at radius 3 is 2.95 bits per heavy atom. The minimum atomic E-state index is -0.318. The fourth-order valence-corrected chi connectivity index (χ4v) is 2.50. The van der Waals surface area contributed by atoms with Crippen LogP contribution in [0.15, 0.2) is 24.4 Å². The maximum atomic E-state index is 11.6. The van der Waals surface area contributed by atoms with Crippen LogP contribution in [0.4, 0.5) is 0 Å². The number of hydrogen-bond acceptors (Lipinski definition) is 4. The Balaban J connectivity index is 2.02. The summed E-state index contributed by atoms with van der Waals surface area (Å²) in [4.78, 5) is 11.6. The highest BCUT2D eigenvalue weighted by Gasteiger charge is 2.19. The second-order valence-electron chi connectivity index (χ2n) is 4.70. The summed E-state index contributed by atoms with van der Waals surface area (Å²) in [5.74, 6) is -0.318. The van der Waals surface area contributed by atoms with Gasteiger partial charge in [-0.3, -0.25) is 4.68 Å². The average molecular weight is 260 g/mol. The van der Waals surface area contributed by atoms with E-state index in [-0.39, 0.29) is 5.97 Å². The summed E-state index contributed by atoms with van der Waals surface area (Å²) >= 11 is 0. The third-order valence-corrected chi connectivity index (χ3v) is 3.56. The van der Waals surface area contributed by atoms with Crippen LogP contribution in [-0.2, 0) is 9.47 Å². The van der Waals surface area contributed by atoms with Crippen LogP contribution in [0.1, 0.15) is 29.2 Å². The number of aromatic nitrogens is 2. The van der Waals surface area contributed by atoms with Crippen LogP contribution in [-0.4, -0.2) is 36.1 Å². The molecule has 0 bridgehead atoms. The number of hydrogen-bond donors (Lipinski definition) is 0. The molecule has 0 radical (unpaired) electrons. The predicted molar refractivity (Wildman–Crippen MR) is 70.2 cm³/mol. The van der Waals surface area contributed by atoms with Gasteiger partial charge in [0, 0.05) is 18.6 Å². The van der Waals surface area contributed by atoms with Crippen LogP contribution in [0, 0.1) is 0 Å². The Morgan fingerprint density at radius 2 is 2.21 bits per heavy atom. The Kier molecular flexibility index (Phi) is 3.21. The molecule has 0 unspecified atom stereocenters. The summed E-state index contributed by atoms with van der Waals surface area (Å²) < 4.78 is 12.1. The molecule has 0 N–H and O–H groups in total. The smallest absolute Gasteiger partial charge is 0.337 e. The normalized spacial score (nSPS) is 16.7. The lowest BCUT2D eigenvalue weighted by atomic mass is 10.1. The summed E-state index contributed by atoms with van der Waals surface area (Å²) in [6.45, 7) is 1.53. The molecule has 19 heavy (non-hydrogen) atoms. The number of benzene rings is 1. The van der Waals surface area contributed by atoms with Gasteiger partial charge in [-0.1, -0.05) is 6.07 Å². The molecule has 5 nitrogen and oxygen atoms in total. The van der Waals surface area contributed by atoms with E-state index in [2.05, 4.69) is 5.10 Å². The van der Waals surface area contributed by atoms with Crippen molar-refractivity contribution in [2.75, 3.05) is 20.3 Å². The van der Waals surface area contributed by atoms with Gasteiger partial charge < -0.3 is 9.47 Å². The molecule has 2 heterocycles. The van der Waals surface area contributed by atoms with Crippen molar-refractivity contribution in [1.82, 2.24) is 9.78 Å². The van der Waals surface area contributed by atoms with Gasteiger partial charge in [0.2, 0.25) is 0 Å². The molecule has 1 aliphatic rings. The first-order valence-electron chi connectivity index (χ1n) is 6.43. The quantitative estimate of drug-likeness (QED) is 0.777. The largest absolute Gasteiger partial charge is 0.465 e. The molecule has 3 rings (SSSR count). The summed E-state index contributed by atoms with van der Waals surface area (Å²) in [7, 11) is 1.39. The van der Waals surface area contributed by atoms with Gasteiger partial charge in [0.05, 0.1) is 30.4 Å². The van der Waals surface area contributed by atoms with E-state index >= 15 is 0 Å². The number of carbonyl (C=O) groups is 1. The zero-order valence-electron chi connectivity index (χ0n) is 10.8. The summed E-state index contributed by atoms with van der Waals surface area (Å²) in [6, 6.07) is 5.87. The third-order valence-electron chi connectivity index (χ3n) is 3.56. The standard InChI is InChI=1S/C14H16N2O3/c1-18-14(17)10-2-3-11-9-15-16(13(11)8-10)12-4-6-19-7-5-12/h2-3,8-9,12H,4-7H2,1H3. The van der Waals surface area contributed by atoms with Gasteiger partial charge in [-0.05, 0) is 25.0 Å². The van der Waals surface area contributed by atoms with Crippen molar-refractivity contribution in [2.24, 2.45) is 0 Å². The molecular formula is C14H16N2O3. The third kappa shape index (κ3) is 2.21. The molecule has 5 heteroatoms. The molecule has 1 aliphatic heterocycles. The maximum Gasteiger partial charge on any atom is 0.337 e. The molecule has 1 aromatic carbocycles. The van der Waals surface area contributed by atoms with Gasteiger partial charge in [0.15, 0.2) is 0 Å². The number of nitrogens with zero attached hydrogens (tertiary/aromatic N) is 2. The van der Waals surface area contributed by atoms with E-state index < -0.39 is 0 Å². The number of methoxy groups -OCH3 is 1. The maximum absolute atomic E-state index is 11.6. The van der Waals surface area contributed by atoms with Gasteiger partial charge >= 0.3 is 5.97 Å². The minimum absolute atomic E-state index is 0.318. The number of esters is 1. The second-order valence-corrected chi connectivity index (χ2v) is 4.70. The Morgan fingerprint density at radius 1 is 1.42 bits per heavy atom. The lowest BCUT2D eigenvalue weighted by Crippen LogP contribution is -2.20. The SMILES string of the molecule is COC(=O)c1ccc2cnn(C3CCOCC3)c2c1. The number of carbonyl (C=O) groups excluding carboxylic acids is 1. The Labute approximate surface area is 111 Å². The Bertz CT molecular complexity index is 600. The van der Waals surface area contributed by atoms with E-state index in [1.54, 1.807) is 6.07 Å².